The predicted molar refractivity (Wildman–Crippen MR) is 58.2 cm³/mol. The monoisotopic (exact) mass is 223 g/mol. The first-order valence-corrected chi connectivity index (χ1v) is 5.71. The Labute approximate surface area is 94.5 Å². The van der Waals surface area contributed by atoms with E-state index >= 15 is 0 Å². The van der Waals surface area contributed by atoms with Crippen LogP contribution in [-0.4, -0.2) is 25.8 Å². The normalized spacial score (nSPS) is 19.2. The molecule has 0 atom stereocenters. The highest BCUT2D eigenvalue weighted by Crippen LogP contribution is 2.40. The number of rotatable bonds is 3. The highest BCUT2D eigenvalue weighted by atomic mass is 16.4. The van der Waals surface area contributed by atoms with Crippen molar-refractivity contribution in [3.8, 4) is 0 Å². The van der Waals surface area contributed by atoms with Crippen molar-refractivity contribution in [1.82, 2.24) is 14.8 Å². The maximum absolute atomic E-state index is 11.5. The van der Waals surface area contributed by atoms with Crippen molar-refractivity contribution in [1.29, 1.82) is 0 Å². The minimum absolute atomic E-state index is 0.148. The number of aliphatic carboxylic acids is 1. The molecule has 0 aromatic carbocycles. The van der Waals surface area contributed by atoms with Gasteiger partial charge in [-0.15, -0.1) is 0 Å². The smallest absolute Gasteiger partial charge is 0.317 e. The lowest BCUT2D eigenvalue weighted by Gasteiger charge is -2.24. The maximum Gasteiger partial charge on any atom is 0.317 e. The van der Waals surface area contributed by atoms with Crippen LogP contribution >= 0.6 is 0 Å². The second-order valence-electron chi connectivity index (χ2n) is 4.72. The molecule has 1 aliphatic carbocycles. The molecule has 1 saturated carbocycles. The molecule has 0 radical (unpaired) electrons. The number of carbonyl (C=O) groups is 1. The molecule has 0 unspecified atom stereocenters. The fourth-order valence-corrected chi connectivity index (χ4v) is 2.48. The fraction of sp³-hybridized carbons (Fsp3) is 0.727. The summed E-state index contributed by atoms with van der Waals surface area (Å²) in [5.74, 6) is -0.146. The molecule has 1 aromatic rings. The van der Waals surface area contributed by atoms with E-state index in [0.29, 0.717) is 18.7 Å². The molecule has 0 amide bonds. The fourth-order valence-electron chi connectivity index (χ4n) is 2.48. The highest BCUT2D eigenvalue weighted by Gasteiger charge is 2.46. The van der Waals surface area contributed by atoms with Crippen LogP contribution in [0.15, 0.2) is 6.33 Å². The molecule has 0 aliphatic heterocycles. The quantitative estimate of drug-likeness (QED) is 0.847. The summed E-state index contributed by atoms with van der Waals surface area (Å²) in [6.07, 6.45) is 4.72. The largest absolute Gasteiger partial charge is 0.480 e. The number of carboxylic acids is 1. The van der Waals surface area contributed by atoms with Gasteiger partial charge in [0.15, 0.2) is 0 Å². The Hall–Kier alpha value is -1.39. The van der Waals surface area contributed by atoms with Crippen molar-refractivity contribution in [2.24, 2.45) is 0 Å². The molecule has 0 saturated heterocycles. The molecule has 16 heavy (non-hydrogen) atoms. The van der Waals surface area contributed by atoms with Crippen molar-refractivity contribution in [3.05, 3.63) is 12.2 Å². The second-order valence-corrected chi connectivity index (χ2v) is 4.72. The first-order valence-electron chi connectivity index (χ1n) is 5.71. The lowest BCUT2D eigenvalue weighted by atomic mass is 9.85. The summed E-state index contributed by atoms with van der Waals surface area (Å²) in [6.45, 7) is 3.98. The summed E-state index contributed by atoms with van der Waals surface area (Å²) in [5.41, 5.74) is -0.805. The van der Waals surface area contributed by atoms with Gasteiger partial charge in [-0.3, -0.25) is 4.79 Å². The van der Waals surface area contributed by atoms with Crippen LogP contribution in [0.2, 0.25) is 0 Å². The van der Waals surface area contributed by atoms with Crippen LogP contribution in [0.3, 0.4) is 0 Å². The van der Waals surface area contributed by atoms with E-state index in [1.165, 1.54) is 6.33 Å². The van der Waals surface area contributed by atoms with Crippen molar-refractivity contribution in [3.63, 3.8) is 0 Å². The Morgan fingerprint density at radius 1 is 1.50 bits per heavy atom. The minimum atomic E-state index is -0.805. The molecular formula is C11H17N3O2. The molecule has 1 heterocycles. The van der Waals surface area contributed by atoms with Crippen LogP contribution in [0.4, 0.5) is 0 Å². The Balaban J connectivity index is 2.47. The van der Waals surface area contributed by atoms with E-state index in [1.807, 2.05) is 13.8 Å². The maximum atomic E-state index is 11.5. The Bertz CT molecular complexity index is 392. The van der Waals surface area contributed by atoms with E-state index < -0.39 is 11.4 Å². The topological polar surface area (TPSA) is 68.0 Å². The van der Waals surface area contributed by atoms with Crippen molar-refractivity contribution >= 4 is 5.97 Å². The average molecular weight is 223 g/mol. The van der Waals surface area contributed by atoms with E-state index in [1.54, 1.807) is 4.68 Å². The van der Waals surface area contributed by atoms with E-state index in [2.05, 4.69) is 10.1 Å². The van der Waals surface area contributed by atoms with Gasteiger partial charge in [0.1, 0.15) is 17.6 Å². The molecule has 5 heteroatoms. The molecule has 1 fully saturated rings. The van der Waals surface area contributed by atoms with Gasteiger partial charge in [-0.1, -0.05) is 12.8 Å². The number of carboxylic acid groups (broad SMARTS) is 1. The summed E-state index contributed by atoms with van der Waals surface area (Å²) in [7, 11) is 0. The third-order valence-electron chi connectivity index (χ3n) is 3.36. The standard InChI is InChI=1S/C11H17N3O2/c1-8(2)14-9(12-7-13-14)11(10(15)16)5-3-4-6-11/h7-8H,3-6H2,1-2H3,(H,15,16). The van der Waals surface area contributed by atoms with Crippen molar-refractivity contribution in [2.75, 3.05) is 0 Å². The summed E-state index contributed by atoms with van der Waals surface area (Å²) >= 11 is 0. The molecule has 1 aromatic heterocycles. The lowest BCUT2D eigenvalue weighted by Crippen LogP contribution is -2.36. The molecule has 2 rings (SSSR count). The summed E-state index contributed by atoms with van der Waals surface area (Å²) < 4.78 is 1.74. The number of nitrogens with zero attached hydrogens (tertiary/aromatic N) is 3. The lowest BCUT2D eigenvalue weighted by molar-refractivity contribution is -0.144. The van der Waals surface area contributed by atoms with Crippen molar-refractivity contribution in [2.45, 2.75) is 51.0 Å². The summed E-state index contributed by atoms with van der Waals surface area (Å²) in [6, 6.07) is 0.148. The Morgan fingerprint density at radius 2 is 2.12 bits per heavy atom. The minimum Gasteiger partial charge on any atom is -0.480 e. The van der Waals surface area contributed by atoms with Gasteiger partial charge >= 0.3 is 5.97 Å². The van der Waals surface area contributed by atoms with Crippen LogP contribution in [-0.2, 0) is 10.2 Å². The van der Waals surface area contributed by atoms with Gasteiger partial charge in [0, 0.05) is 6.04 Å². The van der Waals surface area contributed by atoms with Gasteiger partial charge in [0.25, 0.3) is 0 Å². The van der Waals surface area contributed by atoms with Gasteiger partial charge in [-0.2, -0.15) is 5.10 Å². The van der Waals surface area contributed by atoms with Crippen LogP contribution in [0.1, 0.15) is 51.4 Å². The van der Waals surface area contributed by atoms with Gasteiger partial charge in [0.05, 0.1) is 0 Å². The first-order chi connectivity index (χ1) is 7.58. The van der Waals surface area contributed by atoms with E-state index in [4.69, 9.17) is 0 Å². The van der Waals surface area contributed by atoms with Crippen LogP contribution in [0.5, 0.6) is 0 Å². The Kier molecular flexibility index (Phi) is 2.69. The van der Waals surface area contributed by atoms with Crippen LogP contribution in [0, 0.1) is 0 Å². The van der Waals surface area contributed by atoms with Gasteiger partial charge < -0.3 is 5.11 Å². The molecule has 88 valence electrons. The van der Waals surface area contributed by atoms with Gasteiger partial charge in [0.2, 0.25) is 0 Å². The van der Waals surface area contributed by atoms with E-state index in [-0.39, 0.29) is 6.04 Å². The number of aromatic nitrogens is 3. The summed E-state index contributed by atoms with van der Waals surface area (Å²) in [4.78, 5) is 15.7. The zero-order chi connectivity index (χ0) is 11.8. The van der Waals surface area contributed by atoms with Crippen LogP contribution in [0.25, 0.3) is 0 Å². The third kappa shape index (κ3) is 1.50. The zero-order valence-corrected chi connectivity index (χ0v) is 9.68. The van der Waals surface area contributed by atoms with Crippen LogP contribution < -0.4 is 0 Å². The number of hydrogen-bond donors (Lipinski definition) is 1. The SMILES string of the molecule is CC(C)n1ncnc1C1(C(=O)O)CCCC1. The zero-order valence-electron chi connectivity index (χ0n) is 9.68. The molecule has 5 nitrogen and oxygen atoms in total. The average Bonchev–Trinajstić information content (AvgIpc) is 2.87. The third-order valence-corrected chi connectivity index (χ3v) is 3.36. The highest BCUT2D eigenvalue weighted by molar-refractivity contribution is 5.80. The molecule has 0 bridgehead atoms. The predicted octanol–water partition coefficient (Wildman–Crippen LogP) is 1.76. The second kappa shape index (κ2) is 3.88. The van der Waals surface area contributed by atoms with Crippen molar-refractivity contribution < 1.29 is 9.90 Å². The van der Waals surface area contributed by atoms with Gasteiger partial charge in [-0.25, -0.2) is 9.67 Å². The number of hydrogen-bond acceptors (Lipinski definition) is 3. The molecular weight excluding hydrogens is 206 g/mol. The molecule has 1 aliphatic rings. The van der Waals surface area contributed by atoms with E-state index in [9.17, 15) is 9.90 Å². The van der Waals surface area contributed by atoms with E-state index in [0.717, 1.165) is 12.8 Å². The molecule has 0 spiro atoms. The summed E-state index contributed by atoms with van der Waals surface area (Å²) in [5, 5.41) is 13.6. The van der Waals surface area contributed by atoms with Gasteiger partial charge in [-0.05, 0) is 26.7 Å². The molecule has 1 N–H and O–H groups in total. The first kappa shape index (κ1) is 11.1. The Morgan fingerprint density at radius 3 is 2.62 bits per heavy atom.